The third-order valence-corrected chi connectivity index (χ3v) is 3.38. The lowest BCUT2D eigenvalue weighted by Crippen LogP contribution is -2.19. The fraction of sp³-hybridized carbons (Fsp3) is 0.211. The lowest BCUT2D eigenvalue weighted by Gasteiger charge is -2.04. The van der Waals surface area contributed by atoms with Gasteiger partial charge in [-0.15, -0.1) is 24.9 Å². The van der Waals surface area contributed by atoms with Crippen LogP contribution in [0.15, 0.2) is 67.0 Å². The number of carbonyl (C=O) groups excluding carboxylic acids is 3. The van der Waals surface area contributed by atoms with Crippen LogP contribution in [-0.2, 0) is 28.8 Å². The van der Waals surface area contributed by atoms with Crippen LogP contribution in [0.2, 0.25) is 0 Å². The van der Waals surface area contributed by atoms with Crippen LogP contribution in [0.4, 0.5) is 0 Å². The van der Waals surface area contributed by atoms with Gasteiger partial charge in [-0.2, -0.15) is 4.89 Å². The summed E-state index contributed by atoms with van der Waals surface area (Å²) < 4.78 is 9.36. The van der Waals surface area contributed by atoms with E-state index in [0.717, 1.165) is 17.4 Å². The molecule has 0 saturated carbocycles. The molecular weight excluding hydrogens is 372 g/mol. The Hall–Kier alpha value is -2.84. The molecule has 0 heterocycles. The first-order valence-electron chi connectivity index (χ1n) is 7.61. The van der Waals surface area contributed by atoms with Gasteiger partial charge in [0.1, 0.15) is 19.5 Å². The fourth-order valence-electron chi connectivity index (χ4n) is 1.39. The average Bonchev–Trinajstić information content (AvgIpc) is 2.70. The predicted octanol–water partition coefficient (Wildman–Crippen LogP) is 3.48. The Bertz CT molecular complexity index is 665. The van der Waals surface area contributed by atoms with Gasteiger partial charge in [0.2, 0.25) is 0 Å². The first kappa shape index (κ1) is 24.2. The molecule has 0 aliphatic carbocycles. The molecule has 0 radical (unpaired) electrons. The van der Waals surface area contributed by atoms with Gasteiger partial charge in [-0.05, 0) is 37.4 Å². The second kappa shape index (κ2) is 14.3. The van der Waals surface area contributed by atoms with Crippen molar-refractivity contribution in [1.29, 1.82) is 0 Å². The van der Waals surface area contributed by atoms with E-state index in [1.807, 2.05) is 6.26 Å². The van der Waals surface area contributed by atoms with Gasteiger partial charge in [0.25, 0.3) is 5.78 Å². The molecule has 146 valence electrons. The number of ether oxygens (including phenoxy) is 2. The van der Waals surface area contributed by atoms with Crippen molar-refractivity contribution < 1.29 is 33.6 Å². The van der Waals surface area contributed by atoms with Crippen LogP contribution in [0.5, 0.6) is 0 Å². The van der Waals surface area contributed by atoms with Crippen molar-refractivity contribution in [2.75, 3.05) is 19.5 Å². The number of carbonyl (C=O) groups is 3. The highest BCUT2D eigenvalue weighted by molar-refractivity contribution is 7.98. The quantitative estimate of drug-likeness (QED) is 0.0569. The van der Waals surface area contributed by atoms with E-state index in [0.29, 0.717) is 0 Å². The van der Waals surface area contributed by atoms with Crippen LogP contribution in [0.3, 0.4) is 0 Å². The highest BCUT2D eigenvalue weighted by Gasteiger charge is 2.17. The van der Waals surface area contributed by atoms with Crippen LogP contribution >= 0.6 is 11.8 Å². The largest absolute Gasteiger partial charge is 0.457 e. The van der Waals surface area contributed by atoms with Crippen molar-refractivity contribution >= 4 is 29.5 Å². The minimum absolute atomic E-state index is 0.108. The summed E-state index contributed by atoms with van der Waals surface area (Å²) in [5.41, 5.74) is 0.493. The van der Waals surface area contributed by atoms with Crippen LogP contribution in [0.25, 0.3) is 0 Å². The number of esters is 2. The van der Waals surface area contributed by atoms with Crippen molar-refractivity contribution in [3.8, 4) is 0 Å². The minimum atomic E-state index is -0.980. The molecule has 8 heteroatoms. The first-order valence-corrected chi connectivity index (χ1v) is 8.83. The topological polar surface area (TPSA) is 88.1 Å². The van der Waals surface area contributed by atoms with Gasteiger partial charge in [0.05, 0.1) is 0 Å². The van der Waals surface area contributed by atoms with Gasteiger partial charge < -0.3 is 14.4 Å². The normalized spacial score (nSPS) is 9.70. The Morgan fingerprint density at radius 3 is 2.22 bits per heavy atom. The standard InChI is InChI=1S/C17H18O7S.C2H4/c1-12(2)16(19)21-8-10-23-24-11-9-22-17(20)15(18)13-4-6-14(25-3)7-5-13;1-2/h4-8,10H,1,9,11H2,2-3H3;1-2H2/b10-8+;. The van der Waals surface area contributed by atoms with E-state index in [4.69, 9.17) is 4.74 Å². The molecule has 0 spiro atoms. The Labute approximate surface area is 162 Å². The van der Waals surface area contributed by atoms with Gasteiger partial charge >= 0.3 is 11.9 Å². The SMILES string of the molecule is C=C.C=C(C)C(=O)O/C=C/OOCCOC(=O)C(=O)c1ccc(SC)cc1. The van der Waals surface area contributed by atoms with Gasteiger partial charge in [0, 0.05) is 16.0 Å². The molecule has 0 bridgehead atoms. The van der Waals surface area contributed by atoms with E-state index >= 15 is 0 Å². The lowest BCUT2D eigenvalue weighted by molar-refractivity contribution is -0.255. The van der Waals surface area contributed by atoms with Crippen LogP contribution < -0.4 is 0 Å². The molecule has 1 aromatic rings. The number of Topliss-reactive ketones (excluding diaryl/α,β-unsaturated/α-hetero) is 1. The van der Waals surface area contributed by atoms with Crippen molar-refractivity contribution in [3.05, 3.63) is 67.7 Å². The summed E-state index contributed by atoms with van der Waals surface area (Å²) in [5.74, 6) is -2.32. The number of thioether (sulfide) groups is 1. The zero-order valence-electron chi connectivity index (χ0n) is 15.3. The summed E-state index contributed by atoms with van der Waals surface area (Å²) in [7, 11) is 0. The summed E-state index contributed by atoms with van der Waals surface area (Å²) >= 11 is 1.53. The van der Waals surface area contributed by atoms with E-state index in [1.54, 1.807) is 24.3 Å². The molecule has 0 unspecified atom stereocenters. The van der Waals surface area contributed by atoms with Crippen LogP contribution in [0, 0.1) is 0 Å². The first-order chi connectivity index (χ1) is 13.0. The van der Waals surface area contributed by atoms with E-state index in [1.165, 1.54) is 18.7 Å². The van der Waals surface area contributed by atoms with E-state index < -0.39 is 17.7 Å². The Morgan fingerprint density at radius 2 is 1.67 bits per heavy atom. The molecule has 0 N–H and O–H groups in total. The van der Waals surface area contributed by atoms with E-state index in [2.05, 4.69) is 34.2 Å². The van der Waals surface area contributed by atoms with Gasteiger partial charge in [0.15, 0.2) is 6.26 Å². The summed E-state index contributed by atoms with van der Waals surface area (Å²) in [6.07, 6.45) is 3.87. The van der Waals surface area contributed by atoms with Gasteiger partial charge in [-0.1, -0.05) is 6.58 Å². The number of hydrogen-bond donors (Lipinski definition) is 0. The second-order valence-corrected chi connectivity index (χ2v) is 5.45. The number of rotatable bonds is 10. The average molecular weight is 394 g/mol. The highest BCUT2D eigenvalue weighted by atomic mass is 32.2. The Balaban J connectivity index is 0.00000326. The third kappa shape index (κ3) is 10.0. The molecular formula is C19H22O7S. The number of ketones is 1. The predicted molar refractivity (Wildman–Crippen MR) is 102 cm³/mol. The minimum Gasteiger partial charge on any atom is -0.457 e. The maximum absolute atomic E-state index is 11.8. The highest BCUT2D eigenvalue weighted by Crippen LogP contribution is 2.15. The van der Waals surface area contributed by atoms with Crippen molar-refractivity contribution in [1.82, 2.24) is 0 Å². The molecule has 1 rings (SSSR count). The molecule has 0 aliphatic heterocycles. The van der Waals surface area contributed by atoms with Crippen LogP contribution in [-0.4, -0.2) is 37.2 Å². The van der Waals surface area contributed by atoms with Crippen molar-refractivity contribution in [3.63, 3.8) is 0 Å². The molecule has 0 amide bonds. The smallest absolute Gasteiger partial charge is 0.379 e. The number of hydrogen-bond acceptors (Lipinski definition) is 8. The molecule has 7 nitrogen and oxygen atoms in total. The molecule has 0 aliphatic rings. The summed E-state index contributed by atoms with van der Waals surface area (Å²) in [4.78, 5) is 44.7. The maximum atomic E-state index is 11.8. The summed E-state index contributed by atoms with van der Waals surface area (Å²) in [6.45, 7) is 10.6. The molecule has 27 heavy (non-hydrogen) atoms. The number of benzene rings is 1. The molecule has 0 saturated heterocycles. The zero-order valence-corrected chi connectivity index (χ0v) is 16.1. The van der Waals surface area contributed by atoms with Crippen molar-refractivity contribution in [2.45, 2.75) is 11.8 Å². The summed E-state index contributed by atoms with van der Waals surface area (Å²) in [6, 6.07) is 6.61. The van der Waals surface area contributed by atoms with E-state index in [-0.39, 0.29) is 24.4 Å². The van der Waals surface area contributed by atoms with Gasteiger partial charge in [-0.25, -0.2) is 9.59 Å². The van der Waals surface area contributed by atoms with Crippen molar-refractivity contribution in [2.24, 2.45) is 0 Å². The maximum Gasteiger partial charge on any atom is 0.379 e. The second-order valence-electron chi connectivity index (χ2n) is 4.57. The van der Waals surface area contributed by atoms with Crippen LogP contribution in [0.1, 0.15) is 17.3 Å². The van der Waals surface area contributed by atoms with E-state index in [9.17, 15) is 14.4 Å². The molecule has 0 atom stereocenters. The molecule has 0 aromatic heterocycles. The Kier molecular flexibility index (Phi) is 12.8. The molecule has 1 aromatic carbocycles. The third-order valence-electron chi connectivity index (χ3n) is 2.64. The monoisotopic (exact) mass is 394 g/mol. The lowest BCUT2D eigenvalue weighted by atomic mass is 10.1. The fourth-order valence-corrected chi connectivity index (χ4v) is 1.80. The summed E-state index contributed by atoms with van der Waals surface area (Å²) in [5, 5.41) is 0. The van der Waals surface area contributed by atoms with Gasteiger partial charge in [-0.3, -0.25) is 4.79 Å². The zero-order chi connectivity index (χ0) is 20.7. The Morgan fingerprint density at radius 1 is 1.04 bits per heavy atom. The molecule has 0 fully saturated rings.